The third-order valence-corrected chi connectivity index (χ3v) is 5.21. The number of ether oxygens (including phenoxy) is 1. The highest BCUT2D eigenvalue weighted by Gasteiger charge is 2.44. The smallest absolute Gasteiger partial charge is 0.475 e. The van der Waals surface area contributed by atoms with Gasteiger partial charge < -0.3 is 24.1 Å². The zero-order chi connectivity index (χ0) is 21.1. The molecule has 10 heteroatoms. The number of hydrogen-bond acceptors (Lipinski definition) is 5. The fraction of sp³-hybridized carbons (Fsp3) is 0.667. The van der Waals surface area contributed by atoms with Gasteiger partial charge in [0, 0.05) is 19.1 Å². The normalized spacial score (nSPS) is 21.5. The summed E-state index contributed by atoms with van der Waals surface area (Å²) >= 11 is 0. The summed E-state index contributed by atoms with van der Waals surface area (Å²) in [5.41, 5.74) is 0.668. The van der Waals surface area contributed by atoms with E-state index in [4.69, 9.17) is 19.1 Å². The van der Waals surface area contributed by atoms with Crippen molar-refractivity contribution in [2.75, 3.05) is 33.8 Å². The van der Waals surface area contributed by atoms with Crippen LogP contribution in [-0.4, -0.2) is 78.4 Å². The van der Waals surface area contributed by atoms with E-state index in [1.165, 1.54) is 0 Å². The highest BCUT2D eigenvalue weighted by Crippen LogP contribution is 2.37. The Hall–Kier alpha value is -2.07. The molecule has 2 aliphatic rings. The molecule has 1 N–H and O–H groups in total. The number of halogens is 3. The largest absolute Gasteiger partial charge is 0.490 e. The average Bonchev–Trinajstić information content (AvgIpc) is 3.22. The number of aliphatic carboxylic acids is 1. The molecule has 3 heterocycles. The lowest BCUT2D eigenvalue weighted by molar-refractivity contribution is -0.192. The maximum Gasteiger partial charge on any atom is 0.490 e. The van der Waals surface area contributed by atoms with E-state index < -0.39 is 12.1 Å². The first-order chi connectivity index (χ1) is 12.9. The number of likely N-dealkylation sites (tertiary alicyclic amines) is 1. The zero-order valence-corrected chi connectivity index (χ0v) is 16.1. The van der Waals surface area contributed by atoms with Crippen molar-refractivity contribution in [3.05, 3.63) is 23.7 Å². The number of amides is 1. The molecular formula is C18H25F3N2O5. The lowest BCUT2D eigenvalue weighted by atomic mass is 9.87. The molecule has 0 bridgehead atoms. The van der Waals surface area contributed by atoms with E-state index in [1.54, 1.807) is 12.3 Å². The van der Waals surface area contributed by atoms with Gasteiger partial charge in [-0.05, 0) is 46.3 Å². The molecule has 1 aromatic heterocycles. The maximum atomic E-state index is 12.5. The number of likely N-dealkylation sites (N-methyl/N-ethyl adjacent to an activating group) is 1. The molecule has 3 rings (SSSR count). The van der Waals surface area contributed by atoms with Crippen molar-refractivity contribution in [1.29, 1.82) is 0 Å². The van der Waals surface area contributed by atoms with E-state index in [0.29, 0.717) is 17.4 Å². The second-order valence-electron chi connectivity index (χ2n) is 7.30. The van der Waals surface area contributed by atoms with E-state index >= 15 is 0 Å². The molecule has 1 atom stereocenters. The topological polar surface area (TPSA) is 83.2 Å². The fourth-order valence-corrected chi connectivity index (χ4v) is 3.39. The van der Waals surface area contributed by atoms with Gasteiger partial charge in [0.2, 0.25) is 0 Å². The Balaban J connectivity index is 0.000000345. The van der Waals surface area contributed by atoms with Crippen LogP contribution in [0.1, 0.15) is 35.4 Å². The summed E-state index contributed by atoms with van der Waals surface area (Å²) in [5, 5.41) is 7.12. The number of alkyl halides is 3. The average molecular weight is 406 g/mol. The number of nitrogens with zero attached hydrogens (tertiary/aromatic N) is 2. The SMILES string of the molecule is Cc1occc1C(=O)N1CCC2(CC1)CC(N(C)C)CO2.O=C(O)C(F)(F)F. The van der Waals surface area contributed by atoms with E-state index in [1.807, 2.05) is 11.8 Å². The Morgan fingerprint density at radius 1 is 1.29 bits per heavy atom. The quantitative estimate of drug-likeness (QED) is 0.813. The number of carboxylic acids is 1. The van der Waals surface area contributed by atoms with Crippen LogP contribution in [0.3, 0.4) is 0 Å². The predicted octanol–water partition coefficient (Wildman–Crippen LogP) is 2.55. The summed E-state index contributed by atoms with van der Waals surface area (Å²) < 4.78 is 43.1. The molecule has 2 aliphatic heterocycles. The van der Waals surface area contributed by atoms with Gasteiger partial charge in [0.15, 0.2) is 0 Å². The van der Waals surface area contributed by atoms with Crippen molar-refractivity contribution in [3.8, 4) is 0 Å². The van der Waals surface area contributed by atoms with Crippen LogP contribution in [0.2, 0.25) is 0 Å². The van der Waals surface area contributed by atoms with Crippen molar-refractivity contribution in [3.63, 3.8) is 0 Å². The lowest BCUT2D eigenvalue weighted by Crippen LogP contribution is -2.47. The molecule has 2 fully saturated rings. The number of piperidine rings is 1. The first-order valence-corrected chi connectivity index (χ1v) is 8.89. The second kappa shape index (κ2) is 8.52. The Morgan fingerprint density at radius 2 is 1.86 bits per heavy atom. The molecular weight excluding hydrogens is 381 g/mol. The number of rotatable bonds is 2. The number of carboxylic acid groups (broad SMARTS) is 1. The molecule has 1 amide bonds. The number of aryl methyl sites for hydroxylation is 1. The molecule has 1 aromatic rings. The number of carbonyl (C=O) groups excluding carboxylic acids is 1. The standard InChI is InChI=1S/C16H24N2O3.C2HF3O2/c1-12-14(4-9-20-12)15(19)18-7-5-16(6-8-18)10-13(11-21-16)17(2)3;3-2(4,5)1(6)7/h4,9,13H,5-8,10-11H2,1-3H3;(H,6,7). The van der Waals surface area contributed by atoms with Gasteiger partial charge in [0.1, 0.15) is 5.76 Å². The summed E-state index contributed by atoms with van der Waals surface area (Å²) in [4.78, 5) is 25.5. The molecule has 1 spiro atoms. The van der Waals surface area contributed by atoms with E-state index in [-0.39, 0.29) is 11.5 Å². The van der Waals surface area contributed by atoms with Crippen molar-refractivity contribution < 1.29 is 37.0 Å². The molecule has 2 saturated heterocycles. The van der Waals surface area contributed by atoms with Gasteiger partial charge in [-0.3, -0.25) is 4.79 Å². The van der Waals surface area contributed by atoms with Crippen LogP contribution in [0, 0.1) is 6.92 Å². The van der Waals surface area contributed by atoms with Crippen LogP contribution < -0.4 is 0 Å². The van der Waals surface area contributed by atoms with Gasteiger partial charge in [0.05, 0.1) is 24.0 Å². The summed E-state index contributed by atoms with van der Waals surface area (Å²) in [6.45, 7) is 4.18. The molecule has 0 saturated carbocycles. The summed E-state index contributed by atoms with van der Waals surface area (Å²) in [6.07, 6.45) is -0.567. The minimum Gasteiger partial charge on any atom is -0.475 e. The molecule has 0 radical (unpaired) electrons. The van der Waals surface area contributed by atoms with Crippen LogP contribution in [0.5, 0.6) is 0 Å². The number of furan rings is 1. The van der Waals surface area contributed by atoms with E-state index in [0.717, 1.165) is 39.0 Å². The van der Waals surface area contributed by atoms with Crippen molar-refractivity contribution >= 4 is 11.9 Å². The van der Waals surface area contributed by atoms with Crippen LogP contribution in [0.25, 0.3) is 0 Å². The Morgan fingerprint density at radius 3 is 2.25 bits per heavy atom. The first-order valence-electron chi connectivity index (χ1n) is 8.89. The van der Waals surface area contributed by atoms with Gasteiger partial charge in [-0.1, -0.05) is 0 Å². The lowest BCUT2D eigenvalue weighted by Gasteiger charge is -2.38. The van der Waals surface area contributed by atoms with Gasteiger partial charge in [-0.2, -0.15) is 13.2 Å². The molecule has 158 valence electrons. The van der Waals surface area contributed by atoms with Crippen LogP contribution in [-0.2, 0) is 9.53 Å². The Bertz CT molecular complexity index is 694. The van der Waals surface area contributed by atoms with Crippen LogP contribution in [0.4, 0.5) is 13.2 Å². The van der Waals surface area contributed by atoms with Crippen LogP contribution >= 0.6 is 0 Å². The summed E-state index contributed by atoms with van der Waals surface area (Å²) in [5.74, 6) is -1.98. The van der Waals surface area contributed by atoms with Gasteiger partial charge in [-0.25, -0.2) is 4.79 Å². The molecule has 7 nitrogen and oxygen atoms in total. The first kappa shape index (κ1) is 22.2. The minimum absolute atomic E-state index is 0.0167. The van der Waals surface area contributed by atoms with Crippen molar-refractivity contribution in [2.24, 2.45) is 0 Å². The van der Waals surface area contributed by atoms with Crippen molar-refractivity contribution in [2.45, 2.75) is 44.0 Å². The monoisotopic (exact) mass is 406 g/mol. The summed E-state index contributed by atoms with van der Waals surface area (Å²) in [7, 11) is 4.21. The highest BCUT2D eigenvalue weighted by atomic mass is 19.4. The van der Waals surface area contributed by atoms with E-state index in [9.17, 15) is 18.0 Å². The zero-order valence-electron chi connectivity index (χ0n) is 16.1. The fourth-order valence-electron chi connectivity index (χ4n) is 3.39. The predicted molar refractivity (Wildman–Crippen MR) is 93.0 cm³/mol. The Labute approximate surface area is 161 Å². The third kappa shape index (κ3) is 5.26. The molecule has 0 aromatic carbocycles. The minimum atomic E-state index is -5.08. The van der Waals surface area contributed by atoms with Gasteiger partial charge in [0.25, 0.3) is 5.91 Å². The van der Waals surface area contributed by atoms with Gasteiger partial charge in [-0.15, -0.1) is 0 Å². The molecule has 0 aliphatic carbocycles. The van der Waals surface area contributed by atoms with Gasteiger partial charge >= 0.3 is 12.1 Å². The maximum absolute atomic E-state index is 12.5. The van der Waals surface area contributed by atoms with E-state index in [2.05, 4.69) is 19.0 Å². The third-order valence-electron chi connectivity index (χ3n) is 5.21. The number of hydrogen-bond donors (Lipinski definition) is 1. The van der Waals surface area contributed by atoms with Crippen molar-refractivity contribution in [1.82, 2.24) is 9.80 Å². The summed E-state index contributed by atoms with van der Waals surface area (Å²) in [6, 6.07) is 2.26. The Kier molecular flexibility index (Phi) is 6.76. The molecule has 1 unspecified atom stereocenters. The molecule has 28 heavy (non-hydrogen) atoms. The second-order valence-corrected chi connectivity index (χ2v) is 7.30. The number of carbonyl (C=O) groups is 2. The van der Waals surface area contributed by atoms with Crippen LogP contribution in [0.15, 0.2) is 16.7 Å². The highest BCUT2D eigenvalue weighted by molar-refractivity contribution is 5.95.